The van der Waals surface area contributed by atoms with E-state index in [9.17, 15) is 4.79 Å². The van der Waals surface area contributed by atoms with Gasteiger partial charge in [-0.1, -0.05) is 13.3 Å². The van der Waals surface area contributed by atoms with Crippen LogP contribution in [-0.2, 0) is 4.79 Å². The van der Waals surface area contributed by atoms with Crippen molar-refractivity contribution in [1.29, 1.82) is 0 Å². The second-order valence-corrected chi connectivity index (χ2v) is 1.65. The van der Waals surface area contributed by atoms with Gasteiger partial charge < -0.3 is 5.11 Å². The van der Waals surface area contributed by atoms with Gasteiger partial charge in [-0.05, 0) is 0 Å². The molecule has 0 unspecified atom stereocenters. The molecule has 2 nitrogen and oxygen atoms in total. The average molecular weight is 99.9 g/mol. The molecule has 40 valence electrons. The normalized spacial score (nSPS) is 13.3. The van der Waals surface area contributed by atoms with Crippen LogP contribution in [0.25, 0.3) is 0 Å². The van der Waals surface area contributed by atoms with E-state index in [2.05, 4.69) is 0 Å². The van der Waals surface area contributed by atoms with Crippen molar-refractivity contribution >= 4 is 13.8 Å². The van der Waals surface area contributed by atoms with Crippen molar-refractivity contribution in [3.63, 3.8) is 0 Å². The maximum absolute atomic E-state index is 9.93. The van der Waals surface area contributed by atoms with Gasteiger partial charge in [-0.2, -0.15) is 0 Å². The van der Waals surface area contributed by atoms with Crippen LogP contribution < -0.4 is 0 Å². The summed E-state index contributed by atoms with van der Waals surface area (Å²) in [5, 5.41) is 8.18. The minimum absolute atomic E-state index is 0.181. The Morgan fingerprint density at radius 1 is 2.00 bits per heavy atom. The van der Waals surface area contributed by atoms with E-state index in [1.165, 1.54) is 0 Å². The van der Waals surface area contributed by atoms with Gasteiger partial charge >= 0.3 is 0 Å². The third-order valence-corrected chi connectivity index (χ3v) is 1.03. The van der Waals surface area contributed by atoms with Gasteiger partial charge in [0.2, 0.25) is 0 Å². The van der Waals surface area contributed by atoms with Gasteiger partial charge in [0.25, 0.3) is 5.97 Å². The fourth-order valence-corrected chi connectivity index (χ4v) is 0.175. The van der Waals surface area contributed by atoms with Crippen molar-refractivity contribution < 1.29 is 9.90 Å². The highest BCUT2D eigenvalue weighted by Crippen LogP contribution is 2.01. The molecular formula is C4H9BO2. The summed E-state index contributed by atoms with van der Waals surface area (Å²) < 4.78 is 0. The molecule has 0 aromatic carbocycles. The fraction of sp³-hybridized carbons (Fsp3) is 0.750. The Morgan fingerprint density at radius 3 is 2.43 bits per heavy atom. The Bertz CT molecular complexity index is 72.1. The maximum Gasteiger partial charge on any atom is 0.298 e. The molecule has 0 saturated heterocycles. The van der Waals surface area contributed by atoms with Crippen molar-refractivity contribution in [2.75, 3.05) is 0 Å². The molecule has 0 heterocycles. The number of hydrogen-bond acceptors (Lipinski definition) is 1. The van der Waals surface area contributed by atoms with Gasteiger partial charge in [0, 0.05) is 5.82 Å². The molecule has 0 aliphatic heterocycles. The zero-order chi connectivity index (χ0) is 5.86. The Balaban J connectivity index is 3.34. The molecule has 0 spiro atoms. The van der Waals surface area contributed by atoms with Gasteiger partial charge in [-0.15, -0.1) is 0 Å². The molecule has 0 aromatic rings. The van der Waals surface area contributed by atoms with Crippen LogP contribution >= 0.6 is 0 Å². The van der Waals surface area contributed by atoms with Crippen LogP contribution in [-0.4, -0.2) is 18.9 Å². The maximum atomic E-state index is 9.93. The zero-order valence-electron chi connectivity index (χ0n) is 4.64. The number of rotatable bonds is 2. The molecule has 0 bridgehead atoms. The molecule has 0 amide bonds. The highest BCUT2D eigenvalue weighted by molar-refractivity contribution is 6.22. The van der Waals surface area contributed by atoms with Crippen molar-refractivity contribution in [1.82, 2.24) is 0 Å². The van der Waals surface area contributed by atoms with Crippen LogP contribution in [0.4, 0.5) is 0 Å². The number of aliphatic carboxylic acids is 1. The highest BCUT2D eigenvalue weighted by atomic mass is 16.4. The summed E-state index contributed by atoms with van der Waals surface area (Å²) in [4.78, 5) is 9.93. The highest BCUT2D eigenvalue weighted by Gasteiger charge is 2.05. The van der Waals surface area contributed by atoms with E-state index in [0.29, 0.717) is 0 Å². The van der Waals surface area contributed by atoms with Crippen LogP contribution in [0.1, 0.15) is 13.3 Å². The lowest BCUT2D eigenvalue weighted by molar-refractivity contribution is -0.136. The largest absolute Gasteiger partial charge is 0.482 e. The molecule has 3 heteroatoms. The minimum Gasteiger partial charge on any atom is -0.482 e. The first-order valence-electron chi connectivity index (χ1n) is 2.41. The SMILES string of the molecule is B[C@H](CC)C(=O)O. The topological polar surface area (TPSA) is 37.3 Å². The fourth-order valence-electron chi connectivity index (χ4n) is 0.175. The van der Waals surface area contributed by atoms with Crippen molar-refractivity contribution in [3.05, 3.63) is 0 Å². The molecule has 0 aliphatic rings. The van der Waals surface area contributed by atoms with Gasteiger partial charge in [0.05, 0.1) is 0 Å². The van der Waals surface area contributed by atoms with Crippen LogP contribution in [0.15, 0.2) is 0 Å². The number of hydrogen-bond donors (Lipinski definition) is 1. The third kappa shape index (κ3) is 2.26. The first-order chi connectivity index (χ1) is 3.18. The summed E-state index contributed by atoms with van der Waals surface area (Å²) in [6.07, 6.45) is 0.718. The number of carboxylic acids is 1. The molecule has 0 rings (SSSR count). The third-order valence-electron chi connectivity index (χ3n) is 1.03. The van der Waals surface area contributed by atoms with Gasteiger partial charge in [-0.25, -0.2) is 0 Å². The molecule has 1 N–H and O–H groups in total. The van der Waals surface area contributed by atoms with Gasteiger partial charge in [-0.3, -0.25) is 4.79 Å². The van der Waals surface area contributed by atoms with Gasteiger partial charge in [0.1, 0.15) is 7.85 Å². The molecule has 0 aliphatic carbocycles. The summed E-state index contributed by atoms with van der Waals surface area (Å²) in [5.74, 6) is -0.887. The van der Waals surface area contributed by atoms with E-state index in [1.54, 1.807) is 7.85 Å². The van der Waals surface area contributed by atoms with E-state index >= 15 is 0 Å². The van der Waals surface area contributed by atoms with E-state index in [4.69, 9.17) is 5.11 Å². The molecule has 7 heavy (non-hydrogen) atoms. The number of carbonyl (C=O) groups is 1. The predicted molar refractivity (Wildman–Crippen MR) is 30.2 cm³/mol. The summed E-state index contributed by atoms with van der Waals surface area (Å²) in [6.45, 7) is 1.86. The van der Waals surface area contributed by atoms with E-state index in [0.717, 1.165) is 6.42 Å². The van der Waals surface area contributed by atoms with E-state index < -0.39 is 5.97 Å². The second-order valence-electron chi connectivity index (χ2n) is 1.65. The lowest BCUT2D eigenvalue weighted by atomic mass is 9.85. The molecule has 0 aromatic heterocycles. The molecular weight excluding hydrogens is 90.9 g/mol. The molecule has 0 radical (unpaired) electrons. The van der Waals surface area contributed by atoms with Crippen molar-refractivity contribution in [2.24, 2.45) is 0 Å². The molecule has 0 saturated carbocycles. The van der Waals surface area contributed by atoms with Crippen LogP contribution in [0, 0.1) is 0 Å². The van der Waals surface area contributed by atoms with E-state index in [1.807, 2.05) is 6.92 Å². The zero-order valence-corrected chi connectivity index (χ0v) is 4.64. The quantitative estimate of drug-likeness (QED) is 0.492. The van der Waals surface area contributed by atoms with Crippen LogP contribution in [0.5, 0.6) is 0 Å². The summed E-state index contributed by atoms with van der Waals surface area (Å²) >= 11 is 0. The lowest BCUT2D eigenvalue weighted by Gasteiger charge is -1.96. The van der Waals surface area contributed by atoms with E-state index in [-0.39, 0.29) is 5.82 Å². The monoisotopic (exact) mass is 100 g/mol. The Hall–Kier alpha value is -0.465. The summed E-state index contributed by atoms with van der Waals surface area (Å²) in [7, 11) is 1.70. The standard InChI is InChI=1S/C4H9BO2/c1-2-3(5)4(6)7/h3H,2,5H2,1H3,(H,6,7)/t3-/m1/s1. The van der Waals surface area contributed by atoms with Crippen LogP contribution in [0.3, 0.4) is 0 Å². The van der Waals surface area contributed by atoms with Crippen molar-refractivity contribution in [3.8, 4) is 0 Å². The second kappa shape index (κ2) is 2.67. The summed E-state index contributed by atoms with van der Waals surface area (Å²) in [5.41, 5.74) is 0. The Labute approximate surface area is 43.9 Å². The average Bonchev–Trinajstić information content (AvgIpc) is 1.65. The van der Waals surface area contributed by atoms with Gasteiger partial charge in [0.15, 0.2) is 0 Å². The molecule has 1 atom stereocenters. The Morgan fingerprint density at radius 2 is 2.43 bits per heavy atom. The first-order valence-corrected chi connectivity index (χ1v) is 2.41. The molecule has 0 fully saturated rings. The van der Waals surface area contributed by atoms with Crippen molar-refractivity contribution in [2.45, 2.75) is 19.2 Å². The first kappa shape index (κ1) is 6.53. The predicted octanol–water partition coefficient (Wildman–Crippen LogP) is -0.0974. The lowest BCUT2D eigenvalue weighted by Crippen LogP contribution is -2.04. The summed E-state index contributed by atoms with van der Waals surface area (Å²) in [6, 6.07) is 0. The minimum atomic E-state index is -0.706. The number of carboxylic acid groups (broad SMARTS) is 1. The smallest absolute Gasteiger partial charge is 0.298 e. The van der Waals surface area contributed by atoms with Crippen LogP contribution in [0.2, 0.25) is 5.82 Å². The Kier molecular flexibility index (Phi) is 2.49.